The first kappa shape index (κ1) is 17.4. The summed E-state index contributed by atoms with van der Waals surface area (Å²) in [7, 11) is 0. The number of hydrogen-bond donors (Lipinski definition) is 1. The predicted octanol–water partition coefficient (Wildman–Crippen LogP) is 4.46. The minimum absolute atomic E-state index is 0.288. The van der Waals surface area contributed by atoms with Crippen molar-refractivity contribution in [1.82, 2.24) is 0 Å². The average molecular weight is 362 g/mol. The van der Waals surface area contributed by atoms with E-state index in [9.17, 15) is 4.79 Å². The summed E-state index contributed by atoms with van der Waals surface area (Å²) in [5.41, 5.74) is 2.08. The van der Waals surface area contributed by atoms with Gasteiger partial charge >= 0.3 is 0 Å². The number of ether oxygens (including phenoxy) is 3. The molecule has 0 radical (unpaired) electrons. The van der Waals surface area contributed by atoms with Crippen molar-refractivity contribution in [3.8, 4) is 17.2 Å². The summed E-state index contributed by atoms with van der Waals surface area (Å²) < 4.78 is 16.7. The van der Waals surface area contributed by atoms with Crippen LogP contribution in [-0.2, 0) is 0 Å². The molecule has 25 heavy (non-hydrogen) atoms. The molecule has 1 aliphatic rings. The quantitative estimate of drug-likeness (QED) is 0.854. The Hall–Kier alpha value is -2.40. The predicted molar refractivity (Wildman–Crippen MR) is 97.4 cm³/mol. The van der Waals surface area contributed by atoms with Crippen LogP contribution in [0.1, 0.15) is 29.3 Å². The van der Waals surface area contributed by atoms with Gasteiger partial charge in [0.1, 0.15) is 19.0 Å². The van der Waals surface area contributed by atoms with Gasteiger partial charge in [-0.05, 0) is 43.2 Å². The number of nitrogens with one attached hydrogen (secondary N) is 1. The van der Waals surface area contributed by atoms with Gasteiger partial charge in [0, 0.05) is 5.56 Å². The number of carbonyl (C=O) groups is 1. The summed E-state index contributed by atoms with van der Waals surface area (Å²) in [5.74, 6) is 1.32. The van der Waals surface area contributed by atoms with Crippen LogP contribution in [-0.4, -0.2) is 25.7 Å². The zero-order valence-corrected chi connectivity index (χ0v) is 15.0. The van der Waals surface area contributed by atoms with Crippen molar-refractivity contribution in [1.29, 1.82) is 0 Å². The fourth-order valence-corrected chi connectivity index (χ4v) is 2.77. The first-order valence-electron chi connectivity index (χ1n) is 8.22. The average Bonchev–Trinajstić information content (AvgIpc) is 2.61. The molecule has 0 unspecified atom stereocenters. The Morgan fingerprint density at radius 2 is 2.04 bits per heavy atom. The lowest BCUT2D eigenvalue weighted by atomic mass is 10.1. The van der Waals surface area contributed by atoms with E-state index >= 15 is 0 Å². The van der Waals surface area contributed by atoms with E-state index in [4.69, 9.17) is 25.8 Å². The summed E-state index contributed by atoms with van der Waals surface area (Å²) in [4.78, 5) is 12.6. The van der Waals surface area contributed by atoms with Crippen LogP contribution in [0, 0.1) is 6.92 Å². The van der Waals surface area contributed by atoms with E-state index < -0.39 is 0 Å². The molecular formula is C19H20ClNO4. The van der Waals surface area contributed by atoms with Gasteiger partial charge in [-0.2, -0.15) is 0 Å². The van der Waals surface area contributed by atoms with Crippen molar-refractivity contribution in [3.63, 3.8) is 0 Å². The summed E-state index contributed by atoms with van der Waals surface area (Å²) in [6, 6.07) is 8.87. The molecule has 2 aromatic rings. The molecule has 0 bridgehead atoms. The smallest absolute Gasteiger partial charge is 0.255 e. The number of carbonyl (C=O) groups excluding carboxylic acids is 1. The molecule has 6 heteroatoms. The van der Waals surface area contributed by atoms with Gasteiger partial charge < -0.3 is 19.5 Å². The van der Waals surface area contributed by atoms with E-state index in [0.29, 0.717) is 53.3 Å². The van der Waals surface area contributed by atoms with Gasteiger partial charge in [-0.3, -0.25) is 4.79 Å². The minimum atomic E-state index is -0.288. The fourth-order valence-electron chi connectivity index (χ4n) is 2.50. The first-order chi connectivity index (χ1) is 12.1. The van der Waals surface area contributed by atoms with Crippen molar-refractivity contribution in [2.24, 2.45) is 0 Å². The number of hydrogen-bond acceptors (Lipinski definition) is 4. The Balaban J connectivity index is 1.84. The van der Waals surface area contributed by atoms with Crippen molar-refractivity contribution in [2.75, 3.05) is 25.1 Å². The standard InChI is InChI=1S/C19H20ClNO4/c1-3-6-23-16-9-12(2)4-5-15(16)21-19(22)13-10-14(20)18-17(11-13)24-7-8-25-18/h4-5,9-11H,3,6-8H2,1-2H3,(H,21,22). The van der Waals surface area contributed by atoms with Gasteiger partial charge in [0.15, 0.2) is 11.5 Å². The largest absolute Gasteiger partial charge is 0.491 e. The Labute approximate surface area is 151 Å². The molecule has 0 saturated carbocycles. The van der Waals surface area contributed by atoms with Crippen LogP contribution < -0.4 is 19.5 Å². The highest BCUT2D eigenvalue weighted by atomic mass is 35.5. The monoisotopic (exact) mass is 361 g/mol. The molecule has 3 rings (SSSR count). The van der Waals surface area contributed by atoms with Crippen molar-refractivity contribution < 1.29 is 19.0 Å². The zero-order chi connectivity index (χ0) is 17.8. The maximum Gasteiger partial charge on any atom is 0.255 e. The second-order valence-electron chi connectivity index (χ2n) is 5.78. The van der Waals surface area contributed by atoms with E-state index in [-0.39, 0.29) is 5.91 Å². The fraction of sp³-hybridized carbons (Fsp3) is 0.316. The normalized spacial score (nSPS) is 12.6. The molecule has 0 fully saturated rings. The highest BCUT2D eigenvalue weighted by Crippen LogP contribution is 2.38. The van der Waals surface area contributed by atoms with Crippen LogP contribution in [0.5, 0.6) is 17.2 Å². The highest BCUT2D eigenvalue weighted by Gasteiger charge is 2.20. The van der Waals surface area contributed by atoms with Gasteiger partial charge in [-0.15, -0.1) is 0 Å². The number of benzene rings is 2. The van der Waals surface area contributed by atoms with Crippen LogP contribution in [0.4, 0.5) is 5.69 Å². The molecule has 1 N–H and O–H groups in total. The lowest BCUT2D eigenvalue weighted by Gasteiger charge is -2.20. The van der Waals surface area contributed by atoms with Crippen molar-refractivity contribution >= 4 is 23.2 Å². The summed E-state index contributed by atoms with van der Waals surface area (Å²) in [6.07, 6.45) is 0.888. The number of fused-ring (bicyclic) bond motifs is 1. The molecule has 5 nitrogen and oxygen atoms in total. The number of amides is 1. The zero-order valence-electron chi connectivity index (χ0n) is 14.2. The van der Waals surface area contributed by atoms with Gasteiger partial charge in [-0.1, -0.05) is 24.6 Å². The van der Waals surface area contributed by atoms with E-state index in [1.807, 2.05) is 32.0 Å². The third-order valence-electron chi connectivity index (χ3n) is 3.71. The molecular weight excluding hydrogens is 342 g/mol. The summed E-state index contributed by atoms with van der Waals surface area (Å²) in [5, 5.41) is 3.23. The second-order valence-corrected chi connectivity index (χ2v) is 6.19. The maximum absolute atomic E-state index is 12.6. The van der Waals surface area contributed by atoms with Crippen LogP contribution in [0.2, 0.25) is 5.02 Å². The lowest BCUT2D eigenvalue weighted by molar-refractivity contribution is 0.102. The van der Waals surface area contributed by atoms with Crippen LogP contribution >= 0.6 is 11.6 Å². The third kappa shape index (κ3) is 3.99. The molecule has 0 saturated heterocycles. The van der Waals surface area contributed by atoms with E-state index in [1.54, 1.807) is 12.1 Å². The summed E-state index contributed by atoms with van der Waals surface area (Å²) >= 11 is 6.21. The molecule has 1 aliphatic heterocycles. The molecule has 0 aromatic heterocycles. The second kappa shape index (κ2) is 7.66. The van der Waals surface area contributed by atoms with Gasteiger partial charge in [0.05, 0.1) is 17.3 Å². The Kier molecular flexibility index (Phi) is 5.34. The number of anilines is 1. The Morgan fingerprint density at radius 1 is 1.24 bits per heavy atom. The van der Waals surface area contributed by atoms with Crippen molar-refractivity contribution in [2.45, 2.75) is 20.3 Å². The molecule has 0 atom stereocenters. The van der Waals surface area contributed by atoms with Crippen LogP contribution in [0.25, 0.3) is 0 Å². The van der Waals surface area contributed by atoms with Crippen LogP contribution in [0.15, 0.2) is 30.3 Å². The topological polar surface area (TPSA) is 56.8 Å². The number of rotatable bonds is 5. The third-order valence-corrected chi connectivity index (χ3v) is 3.99. The van der Waals surface area contributed by atoms with Crippen molar-refractivity contribution in [3.05, 3.63) is 46.5 Å². The molecule has 1 amide bonds. The van der Waals surface area contributed by atoms with E-state index in [2.05, 4.69) is 5.32 Å². The van der Waals surface area contributed by atoms with Gasteiger partial charge in [0.25, 0.3) is 5.91 Å². The highest BCUT2D eigenvalue weighted by molar-refractivity contribution is 6.32. The molecule has 0 spiro atoms. The van der Waals surface area contributed by atoms with E-state index in [0.717, 1.165) is 12.0 Å². The lowest BCUT2D eigenvalue weighted by Crippen LogP contribution is -2.18. The number of aryl methyl sites for hydroxylation is 1. The summed E-state index contributed by atoms with van der Waals surface area (Å²) in [6.45, 7) is 5.47. The number of halogens is 1. The molecule has 2 aromatic carbocycles. The first-order valence-corrected chi connectivity index (χ1v) is 8.60. The molecule has 132 valence electrons. The maximum atomic E-state index is 12.6. The SMILES string of the molecule is CCCOc1cc(C)ccc1NC(=O)c1cc(Cl)c2c(c1)OCCO2. The van der Waals surface area contributed by atoms with E-state index in [1.165, 1.54) is 0 Å². The molecule has 1 heterocycles. The van der Waals surface area contributed by atoms with Gasteiger partial charge in [0.2, 0.25) is 0 Å². The minimum Gasteiger partial charge on any atom is -0.491 e. The van der Waals surface area contributed by atoms with Gasteiger partial charge in [-0.25, -0.2) is 0 Å². The van der Waals surface area contributed by atoms with Crippen LogP contribution in [0.3, 0.4) is 0 Å². The Morgan fingerprint density at radius 3 is 2.84 bits per heavy atom. The Bertz CT molecular complexity index is 791. The molecule has 0 aliphatic carbocycles.